The lowest BCUT2D eigenvalue weighted by Gasteiger charge is -1.92. The molecule has 0 bridgehead atoms. The predicted molar refractivity (Wildman–Crippen MR) is 63.9 cm³/mol. The molecule has 0 radical (unpaired) electrons. The number of hydrogen-bond donors (Lipinski definition) is 0. The summed E-state index contributed by atoms with van der Waals surface area (Å²) < 4.78 is 3.51. The van der Waals surface area contributed by atoms with Crippen molar-refractivity contribution >= 4 is 22.3 Å². The predicted octanol–water partition coefficient (Wildman–Crippen LogP) is 3.38. The van der Waals surface area contributed by atoms with E-state index in [1.165, 1.54) is 22.3 Å². The van der Waals surface area contributed by atoms with Crippen molar-refractivity contribution in [3.63, 3.8) is 0 Å². The fourth-order valence-electron chi connectivity index (χ4n) is 1.27. The lowest BCUT2D eigenvalue weighted by Crippen LogP contribution is -1.67. The van der Waals surface area contributed by atoms with Crippen LogP contribution < -0.4 is 0 Å². The number of nitrogens with zero attached hydrogens (tertiary/aromatic N) is 2. The highest BCUT2D eigenvalue weighted by Crippen LogP contribution is 2.11. The lowest BCUT2D eigenvalue weighted by molar-refractivity contribution is 1.16. The highest BCUT2D eigenvalue weighted by Gasteiger charge is 1.85. The number of benzene rings is 2. The van der Waals surface area contributed by atoms with Crippen LogP contribution in [-0.4, -0.2) is 9.59 Å². The Labute approximate surface area is 92.4 Å². The second kappa shape index (κ2) is 5.22. The van der Waals surface area contributed by atoms with E-state index in [-0.39, 0.29) is 0 Å². The zero-order chi connectivity index (χ0) is 10.3. The summed E-state index contributed by atoms with van der Waals surface area (Å²) in [5.41, 5.74) is 0. The van der Waals surface area contributed by atoms with E-state index in [4.69, 9.17) is 0 Å². The average molecular weight is 214 g/mol. The molecule has 0 amide bonds. The maximum absolute atomic E-state index is 3.51. The summed E-state index contributed by atoms with van der Waals surface area (Å²) >= 11 is 1.35. The van der Waals surface area contributed by atoms with E-state index < -0.39 is 0 Å². The van der Waals surface area contributed by atoms with Crippen LogP contribution in [-0.2, 0) is 0 Å². The Morgan fingerprint density at radius 2 is 1.33 bits per heavy atom. The zero-order valence-electron chi connectivity index (χ0n) is 8.08. The summed E-state index contributed by atoms with van der Waals surface area (Å²) in [4.78, 5) is 0. The molecule has 0 aliphatic rings. The number of rotatable bonds is 0. The maximum atomic E-state index is 3.51. The third kappa shape index (κ3) is 2.86. The molecule has 0 aliphatic carbocycles. The number of fused-ring (bicyclic) bond motifs is 1. The van der Waals surface area contributed by atoms with E-state index in [0.29, 0.717) is 0 Å². The average Bonchev–Trinajstić information content (AvgIpc) is 2.88. The minimum Gasteiger partial charge on any atom is -0.147 e. The van der Waals surface area contributed by atoms with Gasteiger partial charge in [-0.1, -0.05) is 53.0 Å². The summed E-state index contributed by atoms with van der Waals surface area (Å²) in [6.45, 7) is 0. The van der Waals surface area contributed by atoms with Crippen molar-refractivity contribution in [1.29, 1.82) is 0 Å². The second-order valence-corrected chi connectivity index (χ2v) is 3.58. The molecule has 0 fully saturated rings. The standard InChI is InChI=1S/C10H8.C2H2N2S/c1-2-6-10-8-4-3-7-9(10)5-1;1-2-5-4-3-1/h1-8H;1-2H. The molecule has 0 unspecified atom stereocenters. The number of hydrogen-bond acceptors (Lipinski definition) is 3. The molecule has 1 heterocycles. The van der Waals surface area contributed by atoms with Gasteiger partial charge in [0, 0.05) is 5.38 Å². The Morgan fingerprint density at radius 3 is 1.60 bits per heavy atom. The van der Waals surface area contributed by atoms with Gasteiger partial charge in [0.05, 0.1) is 6.20 Å². The number of aromatic nitrogens is 2. The largest absolute Gasteiger partial charge is 0.147 e. The summed E-state index contributed by atoms with van der Waals surface area (Å²) in [5.74, 6) is 0. The molecule has 3 aromatic rings. The van der Waals surface area contributed by atoms with Crippen LogP contribution in [0.5, 0.6) is 0 Å². The molecule has 15 heavy (non-hydrogen) atoms. The molecule has 0 spiro atoms. The normalized spacial score (nSPS) is 9.33. The van der Waals surface area contributed by atoms with Gasteiger partial charge in [0.1, 0.15) is 0 Å². The fraction of sp³-hybridized carbons (Fsp3) is 0. The SMILES string of the molecule is c1ccc2ccccc2c1.c1csnn1. The third-order valence-corrected chi connectivity index (χ3v) is 2.37. The van der Waals surface area contributed by atoms with Gasteiger partial charge in [0.25, 0.3) is 0 Å². The van der Waals surface area contributed by atoms with Crippen molar-refractivity contribution < 1.29 is 0 Å². The van der Waals surface area contributed by atoms with Crippen LogP contribution in [0.4, 0.5) is 0 Å². The quantitative estimate of drug-likeness (QED) is 0.573. The van der Waals surface area contributed by atoms with Crippen LogP contribution in [0.3, 0.4) is 0 Å². The first-order valence-electron chi connectivity index (χ1n) is 4.61. The van der Waals surface area contributed by atoms with Crippen molar-refractivity contribution in [2.75, 3.05) is 0 Å². The van der Waals surface area contributed by atoms with Gasteiger partial charge in [0.15, 0.2) is 0 Å². The summed E-state index contributed by atoms with van der Waals surface area (Å²) in [7, 11) is 0. The van der Waals surface area contributed by atoms with E-state index in [1.54, 1.807) is 6.20 Å². The molecule has 1 aromatic heterocycles. The van der Waals surface area contributed by atoms with E-state index >= 15 is 0 Å². The van der Waals surface area contributed by atoms with E-state index in [0.717, 1.165) is 0 Å². The van der Waals surface area contributed by atoms with Crippen LogP contribution in [0.1, 0.15) is 0 Å². The van der Waals surface area contributed by atoms with Crippen LogP contribution in [0.2, 0.25) is 0 Å². The van der Waals surface area contributed by atoms with Crippen LogP contribution in [0, 0.1) is 0 Å². The van der Waals surface area contributed by atoms with Gasteiger partial charge >= 0.3 is 0 Å². The maximum Gasteiger partial charge on any atom is 0.0620 e. The first-order chi connectivity index (χ1) is 7.47. The molecule has 0 atom stereocenters. The molecule has 0 aliphatic heterocycles. The molecule has 74 valence electrons. The summed E-state index contributed by atoms with van der Waals surface area (Å²) in [6.07, 6.45) is 1.66. The Kier molecular flexibility index (Phi) is 3.41. The third-order valence-electron chi connectivity index (χ3n) is 1.94. The molecular weight excluding hydrogens is 204 g/mol. The zero-order valence-corrected chi connectivity index (χ0v) is 8.89. The molecule has 3 heteroatoms. The summed E-state index contributed by atoms with van der Waals surface area (Å²) in [5, 5.41) is 7.93. The van der Waals surface area contributed by atoms with Crippen LogP contribution in [0.15, 0.2) is 60.1 Å². The molecule has 2 aromatic carbocycles. The summed E-state index contributed by atoms with van der Waals surface area (Å²) in [6, 6.07) is 16.7. The minimum absolute atomic E-state index is 1.31. The van der Waals surface area contributed by atoms with Gasteiger partial charge in [-0.05, 0) is 22.3 Å². The smallest absolute Gasteiger partial charge is 0.0620 e. The topological polar surface area (TPSA) is 25.8 Å². The first-order valence-corrected chi connectivity index (χ1v) is 5.45. The first kappa shape index (κ1) is 9.80. The molecule has 0 saturated carbocycles. The monoisotopic (exact) mass is 214 g/mol. The Balaban J connectivity index is 0.000000144. The van der Waals surface area contributed by atoms with E-state index in [9.17, 15) is 0 Å². The van der Waals surface area contributed by atoms with Crippen molar-refractivity contribution in [3.05, 3.63) is 60.1 Å². The van der Waals surface area contributed by atoms with Gasteiger partial charge in [-0.3, -0.25) is 0 Å². The Hall–Kier alpha value is -1.74. The Morgan fingerprint density at radius 1 is 0.800 bits per heavy atom. The highest BCUT2D eigenvalue weighted by molar-refractivity contribution is 7.03. The van der Waals surface area contributed by atoms with Gasteiger partial charge in [0.2, 0.25) is 0 Å². The van der Waals surface area contributed by atoms with Gasteiger partial charge in [-0.15, -0.1) is 5.10 Å². The second-order valence-electron chi connectivity index (χ2n) is 2.93. The molecule has 0 saturated heterocycles. The van der Waals surface area contributed by atoms with E-state index in [2.05, 4.69) is 58.1 Å². The highest BCUT2D eigenvalue weighted by atomic mass is 32.1. The van der Waals surface area contributed by atoms with Crippen molar-refractivity contribution in [2.24, 2.45) is 0 Å². The molecule has 2 nitrogen and oxygen atoms in total. The van der Waals surface area contributed by atoms with Crippen molar-refractivity contribution in [2.45, 2.75) is 0 Å². The molecule has 0 N–H and O–H groups in total. The Bertz CT molecular complexity index is 423. The van der Waals surface area contributed by atoms with Gasteiger partial charge in [-0.2, -0.15) is 0 Å². The van der Waals surface area contributed by atoms with Crippen molar-refractivity contribution in [1.82, 2.24) is 9.59 Å². The minimum atomic E-state index is 1.31. The van der Waals surface area contributed by atoms with Gasteiger partial charge in [-0.25, -0.2) is 0 Å². The fourth-order valence-corrected chi connectivity index (χ4v) is 1.54. The van der Waals surface area contributed by atoms with Crippen LogP contribution in [0.25, 0.3) is 10.8 Å². The molecule has 3 rings (SSSR count). The van der Waals surface area contributed by atoms with E-state index in [1.807, 2.05) is 5.38 Å². The lowest BCUT2D eigenvalue weighted by atomic mass is 10.1. The van der Waals surface area contributed by atoms with Crippen molar-refractivity contribution in [3.8, 4) is 0 Å². The van der Waals surface area contributed by atoms with Gasteiger partial charge < -0.3 is 0 Å². The molecular formula is C12H10N2S. The van der Waals surface area contributed by atoms with Crippen LogP contribution >= 0.6 is 11.5 Å².